The number of carbonyl (C=O) groups is 2. The first-order valence-corrected chi connectivity index (χ1v) is 9.67. The van der Waals surface area contributed by atoms with E-state index in [9.17, 15) is 9.59 Å². The minimum absolute atomic E-state index is 0.0643. The van der Waals surface area contributed by atoms with Crippen molar-refractivity contribution >= 4 is 23.2 Å². The highest BCUT2D eigenvalue weighted by Crippen LogP contribution is 2.36. The molecule has 2 amide bonds. The lowest BCUT2D eigenvalue weighted by Gasteiger charge is -2.34. The number of aromatic nitrogens is 1. The second kappa shape index (κ2) is 7.00. The number of amides is 2. The van der Waals surface area contributed by atoms with Gasteiger partial charge in [-0.2, -0.15) is 0 Å². The number of hydrogen-bond donors (Lipinski definition) is 0. The Balaban J connectivity index is 1.40. The Hall–Kier alpha value is -2.15. The van der Waals surface area contributed by atoms with E-state index in [0.29, 0.717) is 37.9 Å². The molecule has 0 spiro atoms. The van der Waals surface area contributed by atoms with Gasteiger partial charge in [-0.05, 0) is 25.0 Å². The van der Waals surface area contributed by atoms with Crippen LogP contribution in [-0.4, -0.2) is 52.8 Å². The first-order chi connectivity index (χ1) is 12.2. The van der Waals surface area contributed by atoms with Gasteiger partial charge in [0.15, 0.2) is 5.76 Å². The van der Waals surface area contributed by atoms with Crippen LogP contribution in [0.3, 0.4) is 0 Å². The van der Waals surface area contributed by atoms with E-state index in [2.05, 4.69) is 4.98 Å². The van der Waals surface area contributed by atoms with E-state index in [1.54, 1.807) is 22.5 Å². The molecule has 0 bridgehead atoms. The quantitative estimate of drug-likeness (QED) is 0.845. The maximum atomic E-state index is 12.9. The molecule has 0 aromatic carbocycles. The molecule has 132 valence electrons. The van der Waals surface area contributed by atoms with Crippen molar-refractivity contribution < 1.29 is 14.0 Å². The van der Waals surface area contributed by atoms with Crippen LogP contribution < -0.4 is 0 Å². The van der Waals surface area contributed by atoms with Gasteiger partial charge in [0.1, 0.15) is 4.88 Å². The summed E-state index contributed by atoms with van der Waals surface area (Å²) in [4.78, 5) is 34.1. The lowest BCUT2D eigenvalue weighted by atomic mass is 10.0. The minimum atomic E-state index is -0.110. The van der Waals surface area contributed by atoms with Gasteiger partial charge in [-0.25, -0.2) is 4.98 Å². The number of rotatable bonds is 3. The van der Waals surface area contributed by atoms with Crippen molar-refractivity contribution in [2.24, 2.45) is 0 Å². The molecule has 1 aliphatic carbocycles. The molecule has 1 saturated carbocycles. The molecule has 0 atom stereocenters. The Morgan fingerprint density at radius 2 is 1.76 bits per heavy atom. The molecule has 2 fully saturated rings. The highest BCUT2D eigenvalue weighted by atomic mass is 32.1. The Labute approximate surface area is 150 Å². The summed E-state index contributed by atoms with van der Waals surface area (Å²) in [5.41, 5.74) is 2.78. The van der Waals surface area contributed by atoms with Crippen LogP contribution in [-0.2, 0) is 0 Å². The fourth-order valence-corrected chi connectivity index (χ4v) is 4.56. The average molecular weight is 359 g/mol. The topological polar surface area (TPSA) is 66.7 Å². The number of thiazole rings is 1. The first kappa shape index (κ1) is 16.3. The third kappa shape index (κ3) is 3.20. The van der Waals surface area contributed by atoms with Crippen molar-refractivity contribution in [1.29, 1.82) is 0 Å². The molecule has 2 aliphatic rings. The molecule has 0 unspecified atom stereocenters. The van der Waals surface area contributed by atoms with Crippen LogP contribution in [0.2, 0.25) is 0 Å². The van der Waals surface area contributed by atoms with E-state index in [0.717, 1.165) is 23.4 Å². The fourth-order valence-electron chi connectivity index (χ4n) is 3.72. The van der Waals surface area contributed by atoms with Crippen molar-refractivity contribution in [1.82, 2.24) is 14.8 Å². The summed E-state index contributed by atoms with van der Waals surface area (Å²) in [6.07, 6.45) is 6.22. The van der Waals surface area contributed by atoms with E-state index < -0.39 is 0 Å². The molecular formula is C18H21N3O3S. The zero-order valence-corrected chi connectivity index (χ0v) is 14.8. The lowest BCUT2D eigenvalue weighted by molar-refractivity contribution is 0.0519. The largest absolute Gasteiger partial charge is 0.459 e. The summed E-state index contributed by atoms with van der Waals surface area (Å²) in [6, 6.07) is 3.38. The molecule has 1 saturated heterocycles. The van der Waals surface area contributed by atoms with E-state index in [-0.39, 0.29) is 11.8 Å². The van der Waals surface area contributed by atoms with E-state index in [1.807, 2.05) is 4.90 Å². The molecule has 0 N–H and O–H groups in total. The SMILES string of the molecule is O=C(c1ccco1)N1CCN(C(=O)c2scnc2C2CCCC2)CC1. The average Bonchev–Trinajstić information content (AvgIpc) is 3.42. The van der Waals surface area contributed by atoms with Gasteiger partial charge in [-0.1, -0.05) is 12.8 Å². The van der Waals surface area contributed by atoms with Crippen LogP contribution in [0.5, 0.6) is 0 Å². The number of nitrogens with zero attached hydrogens (tertiary/aromatic N) is 3. The molecule has 0 radical (unpaired) electrons. The number of carbonyl (C=O) groups excluding carboxylic acids is 2. The second-order valence-corrected chi connectivity index (χ2v) is 7.46. The van der Waals surface area contributed by atoms with Gasteiger partial charge >= 0.3 is 0 Å². The Bertz CT molecular complexity index is 741. The van der Waals surface area contributed by atoms with Crippen LogP contribution in [0.15, 0.2) is 28.3 Å². The fraction of sp³-hybridized carbons (Fsp3) is 0.500. The monoisotopic (exact) mass is 359 g/mol. The van der Waals surface area contributed by atoms with Gasteiger partial charge in [0, 0.05) is 32.1 Å². The Morgan fingerprint density at radius 1 is 1.08 bits per heavy atom. The zero-order chi connectivity index (χ0) is 17.2. The number of piperazine rings is 1. The van der Waals surface area contributed by atoms with Gasteiger partial charge in [0.05, 0.1) is 17.5 Å². The van der Waals surface area contributed by atoms with Crippen molar-refractivity contribution in [2.45, 2.75) is 31.6 Å². The molecule has 2 aromatic heterocycles. The summed E-state index contributed by atoms with van der Waals surface area (Å²) >= 11 is 1.45. The molecule has 2 aromatic rings. The maximum absolute atomic E-state index is 12.9. The molecule has 4 rings (SSSR count). The normalized spacial score (nSPS) is 18.7. The van der Waals surface area contributed by atoms with Crippen LogP contribution in [0.25, 0.3) is 0 Å². The van der Waals surface area contributed by atoms with E-state index in [1.165, 1.54) is 30.4 Å². The zero-order valence-electron chi connectivity index (χ0n) is 14.0. The molecule has 1 aliphatic heterocycles. The summed E-state index contributed by atoms with van der Waals surface area (Å²) in [5, 5.41) is 0. The number of hydrogen-bond acceptors (Lipinski definition) is 5. The van der Waals surface area contributed by atoms with Gasteiger partial charge in [0.25, 0.3) is 11.8 Å². The van der Waals surface area contributed by atoms with E-state index >= 15 is 0 Å². The third-order valence-electron chi connectivity index (χ3n) is 5.12. The summed E-state index contributed by atoms with van der Waals surface area (Å²) in [7, 11) is 0. The minimum Gasteiger partial charge on any atom is -0.459 e. The first-order valence-electron chi connectivity index (χ1n) is 8.79. The van der Waals surface area contributed by atoms with Gasteiger partial charge in [0.2, 0.25) is 0 Å². The standard InChI is InChI=1S/C18H21N3O3S/c22-17(14-6-3-11-24-14)20-7-9-21(10-8-20)18(23)16-15(19-12-25-16)13-4-1-2-5-13/h3,6,11-13H,1-2,4-5,7-10H2. The van der Waals surface area contributed by atoms with Gasteiger partial charge in [-0.15, -0.1) is 11.3 Å². The van der Waals surface area contributed by atoms with Gasteiger partial charge < -0.3 is 14.2 Å². The molecule has 7 heteroatoms. The predicted molar refractivity (Wildman–Crippen MR) is 93.8 cm³/mol. The van der Waals surface area contributed by atoms with Gasteiger partial charge in [-0.3, -0.25) is 9.59 Å². The Morgan fingerprint density at radius 3 is 2.40 bits per heavy atom. The van der Waals surface area contributed by atoms with Crippen molar-refractivity contribution in [2.75, 3.05) is 26.2 Å². The van der Waals surface area contributed by atoms with Crippen LogP contribution in [0, 0.1) is 0 Å². The third-order valence-corrected chi connectivity index (χ3v) is 5.95. The predicted octanol–water partition coefficient (Wildman–Crippen LogP) is 2.99. The maximum Gasteiger partial charge on any atom is 0.289 e. The van der Waals surface area contributed by atoms with Crippen molar-refractivity contribution in [3.05, 3.63) is 40.2 Å². The van der Waals surface area contributed by atoms with Crippen LogP contribution in [0.1, 0.15) is 57.5 Å². The lowest BCUT2D eigenvalue weighted by Crippen LogP contribution is -2.50. The smallest absolute Gasteiger partial charge is 0.289 e. The van der Waals surface area contributed by atoms with E-state index in [4.69, 9.17) is 4.42 Å². The summed E-state index contributed by atoms with van der Waals surface area (Å²) in [6.45, 7) is 2.16. The highest BCUT2D eigenvalue weighted by molar-refractivity contribution is 7.11. The molecular weight excluding hydrogens is 338 g/mol. The van der Waals surface area contributed by atoms with Crippen molar-refractivity contribution in [3.8, 4) is 0 Å². The summed E-state index contributed by atoms with van der Waals surface area (Å²) in [5.74, 6) is 0.744. The Kier molecular flexibility index (Phi) is 4.57. The summed E-state index contributed by atoms with van der Waals surface area (Å²) < 4.78 is 5.18. The highest BCUT2D eigenvalue weighted by Gasteiger charge is 2.31. The molecule has 3 heterocycles. The second-order valence-electron chi connectivity index (χ2n) is 6.61. The molecule has 25 heavy (non-hydrogen) atoms. The van der Waals surface area contributed by atoms with Crippen LogP contribution >= 0.6 is 11.3 Å². The number of furan rings is 1. The van der Waals surface area contributed by atoms with Crippen molar-refractivity contribution in [3.63, 3.8) is 0 Å². The molecule has 6 nitrogen and oxygen atoms in total. The van der Waals surface area contributed by atoms with Crippen LogP contribution in [0.4, 0.5) is 0 Å².